The lowest BCUT2D eigenvalue weighted by Gasteiger charge is -2.27. The third-order valence-corrected chi connectivity index (χ3v) is 3.72. The maximum atomic E-state index is 13.0. The van der Waals surface area contributed by atoms with Crippen LogP contribution in [0, 0.1) is 12.7 Å². The zero-order chi connectivity index (χ0) is 14.8. The van der Waals surface area contributed by atoms with Gasteiger partial charge in [0.2, 0.25) is 0 Å². The summed E-state index contributed by atoms with van der Waals surface area (Å²) in [7, 11) is 0. The van der Waals surface area contributed by atoms with E-state index in [0.717, 1.165) is 24.5 Å². The highest BCUT2D eigenvalue weighted by Crippen LogP contribution is 2.16. The van der Waals surface area contributed by atoms with Gasteiger partial charge in [0, 0.05) is 26.2 Å². The molecule has 1 amide bonds. The molecule has 0 saturated carbocycles. The summed E-state index contributed by atoms with van der Waals surface area (Å²) in [5, 5.41) is 7.48. The van der Waals surface area contributed by atoms with E-state index in [4.69, 9.17) is 0 Å². The molecule has 0 atom stereocenters. The Kier molecular flexibility index (Phi) is 3.70. The molecule has 2 heterocycles. The van der Waals surface area contributed by atoms with Crippen molar-refractivity contribution in [3.05, 3.63) is 47.5 Å². The van der Waals surface area contributed by atoms with Crippen LogP contribution in [0.2, 0.25) is 0 Å². The smallest absolute Gasteiger partial charge is 0.257 e. The second kappa shape index (κ2) is 5.65. The fourth-order valence-corrected chi connectivity index (χ4v) is 2.50. The van der Waals surface area contributed by atoms with Crippen LogP contribution in [0.4, 0.5) is 4.39 Å². The average Bonchev–Trinajstić information content (AvgIpc) is 2.90. The summed E-state index contributed by atoms with van der Waals surface area (Å²) in [5.41, 5.74) is 2.11. The van der Waals surface area contributed by atoms with Gasteiger partial charge in [-0.05, 0) is 31.2 Å². The van der Waals surface area contributed by atoms with E-state index in [1.54, 1.807) is 23.0 Å². The minimum Gasteiger partial charge on any atom is -0.336 e. The van der Waals surface area contributed by atoms with E-state index in [-0.39, 0.29) is 11.7 Å². The van der Waals surface area contributed by atoms with Gasteiger partial charge in [0.1, 0.15) is 5.82 Å². The van der Waals surface area contributed by atoms with Gasteiger partial charge in [-0.1, -0.05) is 0 Å². The number of halogens is 1. The molecule has 1 aliphatic heterocycles. The van der Waals surface area contributed by atoms with Gasteiger partial charge in [-0.25, -0.2) is 9.07 Å². The second-order valence-electron chi connectivity index (χ2n) is 5.07. The van der Waals surface area contributed by atoms with Crippen LogP contribution in [0.3, 0.4) is 0 Å². The summed E-state index contributed by atoms with van der Waals surface area (Å²) in [5.74, 6) is -0.289. The molecule has 0 unspecified atom stereocenters. The van der Waals surface area contributed by atoms with Gasteiger partial charge in [-0.2, -0.15) is 5.10 Å². The zero-order valence-electron chi connectivity index (χ0n) is 11.8. The molecule has 1 aromatic carbocycles. The van der Waals surface area contributed by atoms with Crippen LogP contribution >= 0.6 is 0 Å². The van der Waals surface area contributed by atoms with Gasteiger partial charge in [-0.15, -0.1) is 0 Å². The molecule has 0 aliphatic carbocycles. The number of benzene rings is 1. The van der Waals surface area contributed by atoms with Crippen molar-refractivity contribution in [3.8, 4) is 5.69 Å². The predicted octanol–water partition coefficient (Wildman–Crippen LogP) is 1.37. The van der Waals surface area contributed by atoms with Crippen LogP contribution in [0.25, 0.3) is 5.69 Å². The van der Waals surface area contributed by atoms with Crippen LogP contribution in [0.15, 0.2) is 30.5 Å². The van der Waals surface area contributed by atoms with Crippen LogP contribution in [-0.4, -0.2) is 46.8 Å². The maximum absolute atomic E-state index is 13.0. The topological polar surface area (TPSA) is 50.2 Å². The molecule has 0 radical (unpaired) electrons. The van der Waals surface area contributed by atoms with Gasteiger partial charge < -0.3 is 10.2 Å². The monoisotopic (exact) mass is 288 g/mol. The molecule has 6 heteroatoms. The number of nitrogens with zero attached hydrogens (tertiary/aromatic N) is 3. The van der Waals surface area contributed by atoms with E-state index < -0.39 is 0 Å². The van der Waals surface area contributed by atoms with Crippen molar-refractivity contribution in [2.45, 2.75) is 6.92 Å². The summed E-state index contributed by atoms with van der Waals surface area (Å²) in [6.45, 7) is 4.90. The number of rotatable bonds is 2. The molecule has 0 bridgehead atoms. The third kappa shape index (κ3) is 2.67. The number of carbonyl (C=O) groups excluding carboxylic acids is 1. The number of hydrogen-bond acceptors (Lipinski definition) is 3. The van der Waals surface area contributed by atoms with Crippen molar-refractivity contribution in [2.75, 3.05) is 26.2 Å². The Labute approximate surface area is 122 Å². The molecule has 1 saturated heterocycles. The van der Waals surface area contributed by atoms with Crippen LogP contribution in [0.5, 0.6) is 0 Å². The average molecular weight is 288 g/mol. The minimum atomic E-state index is -0.291. The second-order valence-corrected chi connectivity index (χ2v) is 5.07. The lowest BCUT2D eigenvalue weighted by atomic mass is 10.2. The summed E-state index contributed by atoms with van der Waals surface area (Å²) in [6, 6.07) is 6.06. The Morgan fingerprint density at radius 3 is 2.57 bits per heavy atom. The Balaban J connectivity index is 1.88. The van der Waals surface area contributed by atoms with E-state index in [1.807, 2.05) is 11.8 Å². The molecule has 1 aromatic heterocycles. The molecular formula is C15H17FN4O. The van der Waals surface area contributed by atoms with Crippen LogP contribution in [-0.2, 0) is 0 Å². The van der Waals surface area contributed by atoms with Crippen molar-refractivity contribution >= 4 is 5.91 Å². The first-order valence-electron chi connectivity index (χ1n) is 6.97. The normalized spacial score (nSPS) is 15.2. The van der Waals surface area contributed by atoms with Crippen molar-refractivity contribution < 1.29 is 9.18 Å². The SMILES string of the molecule is Cc1c(C(=O)N2CCNCC2)cnn1-c1ccc(F)cc1. The molecule has 1 N–H and O–H groups in total. The fraction of sp³-hybridized carbons (Fsp3) is 0.333. The molecule has 3 rings (SSSR count). The van der Waals surface area contributed by atoms with Gasteiger partial charge >= 0.3 is 0 Å². The van der Waals surface area contributed by atoms with Crippen molar-refractivity contribution in [1.82, 2.24) is 20.0 Å². The molecule has 1 aliphatic rings. The van der Waals surface area contributed by atoms with Gasteiger partial charge in [-0.3, -0.25) is 4.79 Å². The quantitative estimate of drug-likeness (QED) is 0.908. The Morgan fingerprint density at radius 1 is 1.24 bits per heavy atom. The Hall–Kier alpha value is -2.21. The third-order valence-electron chi connectivity index (χ3n) is 3.72. The van der Waals surface area contributed by atoms with Gasteiger partial charge in [0.25, 0.3) is 5.91 Å². The van der Waals surface area contributed by atoms with Crippen LogP contribution in [0.1, 0.15) is 16.1 Å². The number of hydrogen-bond donors (Lipinski definition) is 1. The number of nitrogens with one attached hydrogen (secondary N) is 1. The predicted molar refractivity (Wildman–Crippen MR) is 77.0 cm³/mol. The molecule has 2 aromatic rings. The Bertz CT molecular complexity index is 644. The summed E-state index contributed by atoms with van der Waals surface area (Å²) in [4.78, 5) is 14.3. The standard InChI is InChI=1S/C15H17FN4O/c1-11-14(15(21)19-8-6-17-7-9-19)10-18-20(11)13-4-2-12(16)3-5-13/h2-5,10,17H,6-9H2,1H3. The molecule has 0 spiro atoms. The first-order valence-corrected chi connectivity index (χ1v) is 6.97. The lowest BCUT2D eigenvalue weighted by Crippen LogP contribution is -2.46. The highest BCUT2D eigenvalue weighted by atomic mass is 19.1. The first kappa shape index (κ1) is 13.8. The maximum Gasteiger partial charge on any atom is 0.257 e. The molecule has 5 nitrogen and oxygen atoms in total. The van der Waals surface area contributed by atoms with E-state index in [0.29, 0.717) is 18.7 Å². The Morgan fingerprint density at radius 2 is 1.90 bits per heavy atom. The van der Waals surface area contributed by atoms with E-state index in [1.165, 1.54) is 12.1 Å². The molecule has 21 heavy (non-hydrogen) atoms. The van der Waals surface area contributed by atoms with Gasteiger partial charge in [0.15, 0.2) is 0 Å². The van der Waals surface area contributed by atoms with Crippen molar-refractivity contribution in [1.29, 1.82) is 0 Å². The van der Waals surface area contributed by atoms with Gasteiger partial charge in [0.05, 0.1) is 23.1 Å². The molecular weight excluding hydrogens is 271 g/mol. The van der Waals surface area contributed by atoms with Crippen LogP contribution < -0.4 is 5.32 Å². The van der Waals surface area contributed by atoms with Crippen molar-refractivity contribution in [3.63, 3.8) is 0 Å². The van der Waals surface area contributed by atoms with Crippen molar-refractivity contribution in [2.24, 2.45) is 0 Å². The van der Waals surface area contributed by atoms with E-state index in [2.05, 4.69) is 10.4 Å². The molecule has 1 fully saturated rings. The van der Waals surface area contributed by atoms with E-state index >= 15 is 0 Å². The largest absolute Gasteiger partial charge is 0.336 e. The minimum absolute atomic E-state index is 0.00219. The summed E-state index contributed by atoms with van der Waals surface area (Å²) < 4.78 is 14.6. The first-order chi connectivity index (χ1) is 10.2. The number of amides is 1. The fourth-order valence-electron chi connectivity index (χ4n) is 2.50. The zero-order valence-corrected chi connectivity index (χ0v) is 11.8. The summed E-state index contributed by atoms with van der Waals surface area (Å²) in [6.07, 6.45) is 1.59. The molecule has 110 valence electrons. The number of piperazine rings is 1. The van der Waals surface area contributed by atoms with E-state index in [9.17, 15) is 9.18 Å². The summed E-state index contributed by atoms with van der Waals surface area (Å²) >= 11 is 0. The highest BCUT2D eigenvalue weighted by Gasteiger charge is 2.22. The number of aromatic nitrogens is 2. The lowest BCUT2D eigenvalue weighted by molar-refractivity contribution is 0.0735. The highest BCUT2D eigenvalue weighted by molar-refractivity contribution is 5.95. The number of carbonyl (C=O) groups is 1.